The summed E-state index contributed by atoms with van der Waals surface area (Å²) in [6.45, 7) is 1.73. The first-order valence-corrected chi connectivity index (χ1v) is 8.32. The zero-order chi connectivity index (χ0) is 20.3. The Balaban J connectivity index is 2.08. The topological polar surface area (TPSA) is 122 Å². The van der Waals surface area contributed by atoms with Gasteiger partial charge in [0.1, 0.15) is 17.2 Å². The van der Waals surface area contributed by atoms with E-state index in [4.69, 9.17) is 4.74 Å². The molecule has 1 aromatic carbocycles. The molecule has 0 saturated heterocycles. The van der Waals surface area contributed by atoms with Crippen molar-refractivity contribution in [3.05, 3.63) is 59.2 Å². The summed E-state index contributed by atoms with van der Waals surface area (Å²) < 4.78 is 17.9. The number of carboxylic acids is 1. The molecule has 0 spiro atoms. The number of amides is 1. The number of aromatic hydroxyl groups is 1. The predicted molar refractivity (Wildman–Crippen MR) is 98.0 cm³/mol. The highest BCUT2D eigenvalue weighted by Gasteiger charge is 2.21. The van der Waals surface area contributed by atoms with Gasteiger partial charge < -0.3 is 14.9 Å². The van der Waals surface area contributed by atoms with Gasteiger partial charge in [0.25, 0.3) is 0 Å². The zero-order valence-electron chi connectivity index (χ0n) is 14.8. The van der Waals surface area contributed by atoms with E-state index in [1.807, 2.05) is 0 Å². The van der Waals surface area contributed by atoms with E-state index in [2.05, 4.69) is 15.3 Å². The van der Waals surface area contributed by atoms with Crippen LogP contribution in [0.1, 0.15) is 28.5 Å². The van der Waals surface area contributed by atoms with Crippen molar-refractivity contribution in [2.24, 2.45) is 0 Å². The Hall–Kier alpha value is -3.75. The van der Waals surface area contributed by atoms with Crippen LogP contribution in [0.5, 0.6) is 5.75 Å². The van der Waals surface area contributed by atoms with E-state index in [9.17, 15) is 24.2 Å². The Morgan fingerprint density at radius 1 is 1.21 bits per heavy atom. The van der Waals surface area contributed by atoms with E-state index in [1.54, 1.807) is 25.1 Å². The molecule has 0 aliphatic heterocycles. The number of carboxylic acid groups (broad SMARTS) is 1. The first-order chi connectivity index (χ1) is 13.4. The van der Waals surface area contributed by atoms with Gasteiger partial charge in [0.2, 0.25) is 0 Å². The summed E-state index contributed by atoms with van der Waals surface area (Å²) in [5, 5.41) is 22.1. The number of ether oxygens (including phenoxy) is 1. The second-order valence-electron chi connectivity index (χ2n) is 5.85. The molecule has 144 valence electrons. The number of nitrogens with one attached hydrogen (secondary N) is 1. The van der Waals surface area contributed by atoms with E-state index >= 15 is 0 Å². The molecule has 0 saturated carbocycles. The molecule has 0 radical (unpaired) electrons. The third kappa shape index (κ3) is 3.98. The molecule has 0 unspecified atom stereocenters. The smallest absolute Gasteiger partial charge is 0.412 e. The lowest BCUT2D eigenvalue weighted by Crippen LogP contribution is -2.16. The van der Waals surface area contributed by atoms with Crippen LogP contribution in [0.25, 0.3) is 10.9 Å². The Bertz CT molecular complexity index is 1050. The van der Waals surface area contributed by atoms with Gasteiger partial charge in [0.15, 0.2) is 11.4 Å². The van der Waals surface area contributed by atoms with Crippen LogP contribution in [0, 0.1) is 5.82 Å². The Labute approximate surface area is 158 Å². The predicted octanol–water partition coefficient (Wildman–Crippen LogP) is 3.33. The fourth-order valence-corrected chi connectivity index (χ4v) is 2.66. The van der Waals surface area contributed by atoms with Crippen LogP contribution < -0.4 is 5.32 Å². The number of anilines is 1. The lowest BCUT2D eigenvalue weighted by atomic mass is 10.0. The fourth-order valence-electron chi connectivity index (χ4n) is 2.66. The molecule has 2 heterocycles. The molecule has 8 nitrogen and oxygen atoms in total. The van der Waals surface area contributed by atoms with Gasteiger partial charge in [-0.15, -0.1) is 0 Å². The largest absolute Gasteiger partial charge is 0.504 e. The highest BCUT2D eigenvalue weighted by molar-refractivity contribution is 6.04. The van der Waals surface area contributed by atoms with Crippen molar-refractivity contribution in [2.75, 3.05) is 11.9 Å². The van der Waals surface area contributed by atoms with Crippen LogP contribution >= 0.6 is 0 Å². The molecule has 3 N–H and O–H groups in total. The number of rotatable bonds is 5. The molecule has 2 aromatic heterocycles. The Morgan fingerprint density at radius 3 is 2.57 bits per heavy atom. The lowest BCUT2D eigenvalue weighted by Gasteiger charge is -2.12. The first kappa shape index (κ1) is 19.0. The van der Waals surface area contributed by atoms with Crippen LogP contribution in [0.2, 0.25) is 0 Å². The van der Waals surface area contributed by atoms with Crippen molar-refractivity contribution < 1.29 is 28.9 Å². The van der Waals surface area contributed by atoms with Crippen molar-refractivity contribution in [1.82, 2.24) is 9.97 Å². The molecule has 28 heavy (non-hydrogen) atoms. The summed E-state index contributed by atoms with van der Waals surface area (Å²) in [6, 6.07) is 7.54. The van der Waals surface area contributed by atoms with Crippen molar-refractivity contribution in [2.45, 2.75) is 13.3 Å². The molecule has 9 heteroatoms. The van der Waals surface area contributed by atoms with Gasteiger partial charge in [-0.3, -0.25) is 10.3 Å². The molecule has 0 aliphatic carbocycles. The number of hydrogen-bond donors (Lipinski definition) is 3. The molecule has 0 fully saturated rings. The number of benzene rings is 1. The molecule has 1 amide bonds. The molecular formula is C19H16FN3O5. The van der Waals surface area contributed by atoms with Crippen LogP contribution in [0.3, 0.4) is 0 Å². The van der Waals surface area contributed by atoms with Crippen LogP contribution in [0.4, 0.5) is 15.0 Å². The monoisotopic (exact) mass is 385 g/mol. The molecule has 0 atom stereocenters. The summed E-state index contributed by atoms with van der Waals surface area (Å²) in [6.07, 6.45) is 1.05. The maximum Gasteiger partial charge on any atom is 0.412 e. The number of pyridine rings is 2. The van der Waals surface area contributed by atoms with E-state index in [1.165, 1.54) is 18.3 Å². The number of aromatic nitrogens is 2. The number of fused-ring (bicyclic) bond motifs is 1. The molecule has 3 aromatic rings. The van der Waals surface area contributed by atoms with Crippen LogP contribution in [-0.2, 0) is 11.2 Å². The minimum Gasteiger partial charge on any atom is -0.504 e. The van der Waals surface area contributed by atoms with Gasteiger partial charge in [0.05, 0.1) is 6.61 Å². The summed E-state index contributed by atoms with van der Waals surface area (Å²) in [5.41, 5.74) is 0.845. The van der Waals surface area contributed by atoms with Crippen LogP contribution in [0.15, 0.2) is 36.5 Å². The third-order valence-electron chi connectivity index (χ3n) is 3.89. The standard InChI is InChI=1S/C19H16FN3O5/c1-2-28-19(27)23-17-13-8-11(7-10-3-5-12(20)6-4-10)9-21-14(13)16(24)15(22-17)18(25)26/h3-6,8-9,24H,2,7H2,1H3,(H,25,26)(H,22,23,27). The van der Waals surface area contributed by atoms with E-state index in [-0.39, 0.29) is 29.1 Å². The number of hydrogen-bond acceptors (Lipinski definition) is 6. The first-order valence-electron chi connectivity index (χ1n) is 8.32. The third-order valence-corrected chi connectivity index (χ3v) is 3.89. The number of carbonyl (C=O) groups is 2. The maximum absolute atomic E-state index is 13.1. The minimum absolute atomic E-state index is 0.0259. The van der Waals surface area contributed by atoms with Crippen LogP contribution in [-0.4, -0.2) is 38.9 Å². The Kier molecular flexibility index (Phi) is 5.35. The second kappa shape index (κ2) is 7.87. The molecule has 0 bridgehead atoms. The normalized spacial score (nSPS) is 10.6. The highest BCUT2D eigenvalue weighted by Crippen LogP contribution is 2.32. The molecule has 0 aliphatic rings. The van der Waals surface area contributed by atoms with Gasteiger partial charge in [-0.25, -0.2) is 19.0 Å². The number of aromatic carboxylic acids is 1. The molecular weight excluding hydrogens is 369 g/mol. The van der Waals surface area contributed by atoms with Crippen molar-refractivity contribution in [3.8, 4) is 5.75 Å². The zero-order valence-corrected chi connectivity index (χ0v) is 14.8. The average Bonchev–Trinajstić information content (AvgIpc) is 2.66. The number of halogens is 1. The average molecular weight is 385 g/mol. The lowest BCUT2D eigenvalue weighted by molar-refractivity contribution is 0.0687. The quantitative estimate of drug-likeness (QED) is 0.616. The SMILES string of the molecule is CCOC(=O)Nc1nc(C(=O)O)c(O)c2ncc(Cc3ccc(F)cc3)cc12. The van der Waals surface area contributed by atoms with E-state index < -0.39 is 23.5 Å². The minimum atomic E-state index is -1.47. The number of nitrogens with zero attached hydrogens (tertiary/aromatic N) is 2. The summed E-state index contributed by atoms with van der Waals surface area (Å²) >= 11 is 0. The van der Waals surface area contributed by atoms with Gasteiger partial charge in [-0.1, -0.05) is 12.1 Å². The van der Waals surface area contributed by atoms with Gasteiger partial charge in [-0.2, -0.15) is 0 Å². The van der Waals surface area contributed by atoms with Crippen molar-refractivity contribution in [3.63, 3.8) is 0 Å². The van der Waals surface area contributed by atoms with E-state index in [0.29, 0.717) is 12.0 Å². The highest BCUT2D eigenvalue weighted by atomic mass is 19.1. The maximum atomic E-state index is 13.1. The summed E-state index contributed by atoms with van der Waals surface area (Å²) in [7, 11) is 0. The molecule has 3 rings (SSSR count). The fraction of sp³-hybridized carbons (Fsp3) is 0.158. The Morgan fingerprint density at radius 2 is 1.93 bits per heavy atom. The van der Waals surface area contributed by atoms with Gasteiger partial charge >= 0.3 is 12.1 Å². The van der Waals surface area contributed by atoms with Gasteiger partial charge in [0, 0.05) is 11.6 Å². The van der Waals surface area contributed by atoms with E-state index in [0.717, 1.165) is 5.56 Å². The summed E-state index contributed by atoms with van der Waals surface area (Å²) in [5.74, 6) is -2.53. The van der Waals surface area contributed by atoms with Crippen molar-refractivity contribution in [1.29, 1.82) is 0 Å². The second-order valence-corrected chi connectivity index (χ2v) is 5.85. The van der Waals surface area contributed by atoms with Gasteiger partial charge in [-0.05, 0) is 42.7 Å². The van der Waals surface area contributed by atoms with Crippen molar-refractivity contribution >= 4 is 28.8 Å². The summed E-state index contributed by atoms with van der Waals surface area (Å²) in [4.78, 5) is 31.1. The number of carbonyl (C=O) groups excluding carboxylic acids is 1.